The van der Waals surface area contributed by atoms with Gasteiger partial charge in [0.2, 0.25) is 0 Å². The van der Waals surface area contributed by atoms with Crippen molar-refractivity contribution in [1.82, 2.24) is 0 Å². The Morgan fingerprint density at radius 3 is 1.93 bits per heavy atom. The molecule has 5 nitrogen and oxygen atoms in total. The molecule has 0 aromatic heterocycles. The molecule has 1 rings (SSSR count). The predicted molar refractivity (Wildman–Crippen MR) is 126 cm³/mol. The highest BCUT2D eigenvalue weighted by Gasteiger charge is 2.39. The molecule has 180 valence electrons. The average molecular weight is 447 g/mol. The van der Waals surface area contributed by atoms with Gasteiger partial charge in [0.15, 0.2) is 0 Å². The third-order valence-corrected chi connectivity index (χ3v) is 9.58. The predicted octanol–water partition coefficient (Wildman–Crippen LogP) is 5.97. The van der Waals surface area contributed by atoms with Crippen LogP contribution in [0, 0.1) is 11.8 Å². The molecule has 1 fully saturated rings. The van der Waals surface area contributed by atoms with Crippen molar-refractivity contribution in [3.8, 4) is 0 Å². The average Bonchev–Trinajstić information content (AvgIpc) is 2.77. The van der Waals surface area contributed by atoms with Crippen molar-refractivity contribution < 1.29 is 23.1 Å². The Morgan fingerprint density at radius 1 is 0.800 bits per heavy atom. The fraction of sp³-hybridized carbons (Fsp3) is 1.00. The van der Waals surface area contributed by atoms with E-state index < -0.39 is 8.80 Å². The van der Waals surface area contributed by atoms with Gasteiger partial charge >= 0.3 is 8.80 Å². The molecule has 0 aliphatic heterocycles. The summed E-state index contributed by atoms with van der Waals surface area (Å²) >= 11 is 0. The second-order valence-electron chi connectivity index (χ2n) is 9.10. The lowest BCUT2D eigenvalue weighted by Crippen LogP contribution is -2.43. The first-order valence-electron chi connectivity index (χ1n) is 12.5. The van der Waals surface area contributed by atoms with Gasteiger partial charge in [-0.05, 0) is 38.0 Å². The number of unbranched alkanes of at least 4 members (excludes halogenated alkanes) is 9. The molecule has 0 spiro atoms. The molecule has 0 aromatic carbocycles. The van der Waals surface area contributed by atoms with Crippen LogP contribution in [-0.2, 0) is 18.0 Å². The van der Waals surface area contributed by atoms with Crippen LogP contribution < -0.4 is 0 Å². The summed E-state index contributed by atoms with van der Waals surface area (Å²) < 4.78 is 22.6. The molecular formula is C24H50O5Si. The summed E-state index contributed by atoms with van der Waals surface area (Å²) in [6.07, 6.45) is 17.2. The summed E-state index contributed by atoms with van der Waals surface area (Å²) in [5, 5.41) is 10.4. The Kier molecular flexibility index (Phi) is 16.4. The number of aliphatic hydroxyl groups excluding tert-OH is 1. The summed E-state index contributed by atoms with van der Waals surface area (Å²) in [7, 11) is 2.53. The van der Waals surface area contributed by atoms with Crippen molar-refractivity contribution >= 4 is 8.80 Å². The van der Waals surface area contributed by atoms with Gasteiger partial charge in [0, 0.05) is 39.9 Å². The minimum atomic E-state index is -2.49. The summed E-state index contributed by atoms with van der Waals surface area (Å²) in [5.41, 5.74) is 0. The largest absolute Gasteiger partial charge is 0.500 e. The SMILES string of the molecule is CCCCCCCCCCCCOCC1CC(CC[Si](OC)(OC)OC)CCC1O. The maximum absolute atomic E-state index is 10.4. The van der Waals surface area contributed by atoms with Crippen molar-refractivity contribution in [2.75, 3.05) is 34.5 Å². The zero-order valence-electron chi connectivity index (χ0n) is 20.3. The molecule has 1 saturated carbocycles. The number of aliphatic hydroxyl groups is 1. The van der Waals surface area contributed by atoms with Gasteiger partial charge in [-0.2, -0.15) is 0 Å². The second kappa shape index (κ2) is 17.6. The highest BCUT2D eigenvalue weighted by atomic mass is 28.4. The van der Waals surface area contributed by atoms with Gasteiger partial charge in [-0.25, -0.2) is 0 Å². The molecule has 1 aliphatic carbocycles. The zero-order chi connectivity index (χ0) is 22.1. The molecule has 0 heterocycles. The maximum Gasteiger partial charge on any atom is 0.500 e. The minimum absolute atomic E-state index is 0.219. The van der Waals surface area contributed by atoms with E-state index in [4.69, 9.17) is 18.0 Å². The molecule has 30 heavy (non-hydrogen) atoms. The molecule has 0 saturated heterocycles. The Balaban J connectivity index is 2.09. The van der Waals surface area contributed by atoms with Gasteiger partial charge in [-0.15, -0.1) is 0 Å². The first kappa shape index (κ1) is 28.1. The molecule has 3 unspecified atom stereocenters. The van der Waals surface area contributed by atoms with E-state index in [1.807, 2.05) is 0 Å². The van der Waals surface area contributed by atoms with Crippen LogP contribution in [0.2, 0.25) is 6.04 Å². The summed E-state index contributed by atoms with van der Waals surface area (Å²) in [6, 6.07) is 0.837. The Morgan fingerprint density at radius 2 is 1.37 bits per heavy atom. The lowest BCUT2D eigenvalue weighted by Gasteiger charge is -2.34. The molecule has 0 radical (unpaired) electrons. The first-order chi connectivity index (χ1) is 14.6. The van der Waals surface area contributed by atoms with E-state index in [1.165, 1.54) is 57.8 Å². The monoisotopic (exact) mass is 446 g/mol. The molecule has 0 bridgehead atoms. The van der Waals surface area contributed by atoms with E-state index in [0.717, 1.165) is 44.8 Å². The van der Waals surface area contributed by atoms with Gasteiger partial charge in [0.25, 0.3) is 0 Å². The molecule has 1 N–H and O–H groups in total. The molecule has 3 atom stereocenters. The lowest BCUT2D eigenvalue weighted by molar-refractivity contribution is -0.0109. The van der Waals surface area contributed by atoms with E-state index in [0.29, 0.717) is 12.5 Å². The van der Waals surface area contributed by atoms with Gasteiger partial charge < -0.3 is 23.1 Å². The smallest absolute Gasteiger partial charge is 0.393 e. The summed E-state index contributed by atoms with van der Waals surface area (Å²) in [4.78, 5) is 0. The normalized spacial score (nSPS) is 22.5. The van der Waals surface area contributed by atoms with Crippen LogP contribution >= 0.6 is 0 Å². The summed E-state index contributed by atoms with van der Waals surface area (Å²) in [6.45, 7) is 3.79. The molecule has 0 amide bonds. The Bertz CT molecular complexity index is 384. The Labute approximate surface area is 187 Å². The van der Waals surface area contributed by atoms with Gasteiger partial charge in [0.1, 0.15) is 0 Å². The third-order valence-electron chi connectivity index (χ3n) is 6.82. The van der Waals surface area contributed by atoms with E-state index in [2.05, 4.69) is 6.92 Å². The van der Waals surface area contributed by atoms with E-state index >= 15 is 0 Å². The van der Waals surface area contributed by atoms with Crippen molar-refractivity contribution in [1.29, 1.82) is 0 Å². The van der Waals surface area contributed by atoms with Crippen molar-refractivity contribution in [2.45, 2.75) is 109 Å². The highest BCUT2D eigenvalue weighted by Crippen LogP contribution is 2.34. The molecule has 0 aromatic rings. The first-order valence-corrected chi connectivity index (χ1v) is 14.4. The van der Waals surface area contributed by atoms with Crippen LogP contribution in [0.4, 0.5) is 0 Å². The van der Waals surface area contributed by atoms with Crippen molar-refractivity contribution in [3.05, 3.63) is 0 Å². The van der Waals surface area contributed by atoms with E-state index in [1.54, 1.807) is 21.3 Å². The van der Waals surface area contributed by atoms with Crippen LogP contribution in [0.3, 0.4) is 0 Å². The van der Waals surface area contributed by atoms with Gasteiger partial charge in [-0.3, -0.25) is 0 Å². The minimum Gasteiger partial charge on any atom is -0.393 e. The quantitative estimate of drug-likeness (QED) is 0.196. The summed E-state index contributed by atoms with van der Waals surface area (Å²) in [5.74, 6) is 0.849. The molecular weight excluding hydrogens is 396 g/mol. The number of ether oxygens (including phenoxy) is 1. The van der Waals surface area contributed by atoms with Crippen LogP contribution in [0.1, 0.15) is 96.8 Å². The number of hydrogen-bond donors (Lipinski definition) is 1. The van der Waals surface area contributed by atoms with Crippen LogP contribution in [-0.4, -0.2) is 54.6 Å². The highest BCUT2D eigenvalue weighted by molar-refractivity contribution is 6.60. The van der Waals surface area contributed by atoms with Crippen molar-refractivity contribution in [3.63, 3.8) is 0 Å². The Hall–Kier alpha value is 0.0169. The van der Waals surface area contributed by atoms with Crippen LogP contribution in [0.15, 0.2) is 0 Å². The van der Waals surface area contributed by atoms with Crippen LogP contribution in [0.5, 0.6) is 0 Å². The number of hydrogen-bond acceptors (Lipinski definition) is 5. The molecule has 1 aliphatic rings. The third kappa shape index (κ3) is 11.6. The van der Waals surface area contributed by atoms with Gasteiger partial charge in [-0.1, -0.05) is 64.7 Å². The second-order valence-corrected chi connectivity index (χ2v) is 12.2. The fourth-order valence-electron chi connectivity index (χ4n) is 4.65. The van der Waals surface area contributed by atoms with Gasteiger partial charge in [0.05, 0.1) is 12.7 Å². The lowest BCUT2D eigenvalue weighted by atomic mass is 9.78. The topological polar surface area (TPSA) is 57.2 Å². The van der Waals surface area contributed by atoms with E-state index in [9.17, 15) is 5.11 Å². The number of rotatable bonds is 19. The van der Waals surface area contributed by atoms with E-state index in [-0.39, 0.29) is 12.0 Å². The molecule has 6 heteroatoms. The van der Waals surface area contributed by atoms with Crippen LogP contribution in [0.25, 0.3) is 0 Å². The van der Waals surface area contributed by atoms with Crippen molar-refractivity contribution in [2.24, 2.45) is 11.8 Å². The maximum atomic E-state index is 10.4. The zero-order valence-corrected chi connectivity index (χ0v) is 21.3. The standard InChI is InChI=1S/C24H50O5Si/c1-5-6-7-8-9-10-11-12-13-14-18-29-21-23-20-22(15-16-24(23)25)17-19-30(26-2,27-3)28-4/h22-25H,5-21H2,1-4H3. The fourth-order valence-corrected chi connectivity index (χ4v) is 6.52.